The summed E-state index contributed by atoms with van der Waals surface area (Å²) in [4.78, 5) is 0. The van der Waals surface area contributed by atoms with Crippen LogP contribution in [-0.4, -0.2) is 26.3 Å². The van der Waals surface area contributed by atoms with Crippen molar-refractivity contribution in [1.29, 1.82) is 0 Å². The first-order valence-electron chi connectivity index (χ1n) is 6.45. The highest BCUT2D eigenvalue weighted by Crippen LogP contribution is 2.19. The second-order valence-electron chi connectivity index (χ2n) is 4.43. The van der Waals surface area contributed by atoms with Crippen molar-refractivity contribution in [2.24, 2.45) is 5.92 Å². The van der Waals surface area contributed by atoms with Crippen molar-refractivity contribution in [3.05, 3.63) is 24.3 Å². The van der Waals surface area contributed by atoms with Gasteiger partial charge in [-0.3, -0.25) is 0 Å². The third-order valence-corrected chi connectivity index (χ3v) is 3.02. The summed E-state index contributed by atoms with van der Waals surface area (Å²) < 4.78 is 11.2. The van der Waals surface area contributed by atoms with Crippen molar-refractivity contribution in [2.45, 2.75) is 19.8 Å². The van der Waals surface area contributed by atoms with Crippen LogP contribution in [0.5, 0.6) is 11.5 Å². The number of piperidine rings is 1. The van der Waals surface area contributed by atoms with E-state index in [2.05, 4.69) is 5.32 Å². The lowest BCUT2D eigenvalue weighted by molar-refractivity contribution is 0.218. The van der Waals surface area contributed by atoms with Crippen LogP contribution in [0.25, 0.3) is 0 Å². The largest absolute Gasteiger partial charge is 0.494 e. The van der Waals surface area contributed by atoms with Gasteiger partial charge in [0.05, 0.1) is 13.2 Å². The first-order chi connectivity index (χ1) is 8.38. The third-order valence-electron chi connectivity index (χ3n) is 3.02. The van der Waals surface area contributed by atoms with Crippen molar-refractivity contribution >= 4 is 0 Å². The van der Waals surface area contributed by atoms with Crippen molar-refractivity contribution in [1.82, 2.24) is 5.32 Å². The van der Waals surface area contributed by atoms with Crippen molar-refractivity contribution in [3.8, 4) is 11.5 Å². The summed E-state index contributed by atoms with van der Waals surface area (Å²) in [6.45, 7) is 5.73. The van der Waals surface area contributed by atoms with E-state index in [0.29, 0.717) is 12.5 Å². The topological polar surface area (TPSA) is 30.5 Å². The molecule has 1 fully saturated rings. The Morgan fingerprint density at radius 3 is 2.47 bits per heavy atom. The van der Waals surface area contributed by atoms with Gasteiger partial charge in [-0.2, -0.15) is 0 Å². The number of rotatable bonds is 5. The molecule has 1 heterocycles. The molecule has 94 valence electrons. The maximum Gasteiger partial charge on any atom is 0.119 e. The van der Waals surface area contributed by atoms with Gasteiger partial charge in [0.15, 0.2) is 0 Å². The SMILES string of the molecule is CCOc1ccc(OC[C@@H]2CCCNC2)cc1. The number of hydrogen-bond acceptors (Lipinski definition) is 3. The molecule has 1 saturated heterocycles. The summed E-state index contributed by atoms with van der Waals surface area (Å²) in [5, 5.41) is 3.40. The minimum atomic E-state index is 0.648. The smallest absolute Gasteiger partial charge is 0.119 e. The molecule has 1 aliphatic heterocycles. The van der Waals surface area contributed by atoms with E-state index in [1.54, 1.807) is 0 Å². The maximum absolute atomic E-state index is 5.78. The van der Waals surface area contributed by atoms with E-state index in [4.69, 9.17) is 9.47 Å². The van der Waals surface area contributed by atoms with Crippen molar-refractivity contribution in [2.75, 3.05) is 26.3 Å². The molecule has 3 nitrogen and oxygen atoms in total. The van der Waals surface area contributed by atoms with Crippen LogP contribution in [0.4, 0.5) is 0 Å². The molecule has 0 unspecified atom stereocenters. The number of nitrogens with one attached hydrogen (secondary N) is 1. The Morgan fingerprint density at radius 1 is 1.18 bits per heavy atom. The van der Waals surface area contributed by atoms with E-state index >= 15 is 0 Å². The first kappa shape index (κ1) is 12.2. The first-order valence-corrected chi connectivity index (χ1v) is 6.45. The lowest BCUT2D eigenvalue weighted by Crippen LogP contribution is -2.33. The molecule has 0 bridgehead atoms. The summed E-state index contributed by atoms with van der Waals surface area (Å²) in [6, 6.07) is 7.86. The van der Waals surface area contributed by atoms with Crippen LogP contribution < -0.4 is 14.8 Å². The van der Waals surface area contributed by atoms with E-state index < -0.39 is 0 Å². The minimum Gasteiger partial charge on any atom is -0.494 e. The number of benzene rings is 1. The Hall–Kier alpha value is -1.22. The lowest BCUT2D eigenvalue weighted by atomic mass is 10.0. The molecule has 0 spiro atoms. The Balaban J connectivity index is 1.77. The average Bonchev–Trinajstić information content (AvgIpc) is 2.40. The van der Waals surface area contributed by atoms with Gasteiger partial charge in [-0.25, -0.2) is 0 Å². The lowest BCUT2D eigenvalue weighted by Gasteiger charge is -2.22. The summed E-state index contributed by atoms with van der Waals surface area (Å²) in [6.07, 6.45) is 2.53. The van der Waals surface area contributed by atoms with Gasteiger partial charge in [0, 0.05) is 12.5 Å². The molecule has 1 atom stereocenters. The molecule has 0 aromatic heterocycles. The van der Waals surface area contributed by atoms with Crippen molar-refractivity contribution in [3.63, 3.8) is 0 Å². The zero-order valence-electron chi connectivity index (χ0n) is 10.4. The minimum absolute atomic E-state index is 0.648. The molecule has 17 heavy (non-hydrogen) atoms. The summed E-state index contributed by atoms with van der Waals surface area (Å²) >= 11 is 0. The molecule has 1 aromatic rings. The standard InChI is InChI=1S/C14H21NO2/c1-2-16-13-5-7-14(8-6-13)17-11-12-4-3-9-15-10-12/h5-8,12,15H,2-4,9-11H2,1H3/t12-/m1/s1. The molecular weight excluding hydrogens is 214 g/mol. The fraction of sp³-hybridized carbons (Fsp3) is 0.571. The van der Waals surface area contributed by atoms with E-state index in [-0.39, 0.29) is 0 Å². The predicted octanol–water partition coefficient (Wildman–Crippen LogP) is 2.46. The predicted molar refractivity (Wildman–Crippen MR) is 68.7 cm³/mol. The summed E-state index contributed by atoms with van der Waals surface area (Å²) in [5.41, 5.74) is 0. The molecule has 0 aliphatic carbocycles. The van der Waals surface area contributed by atoms with Crippen LogP contribution in [0.1, 0.15) is 19.8 Å². The fourth-order valence-corrected chi connectivity index (χ4v) is 2.08. The van der Waals surface area contributed by atoms with E-state index in [1.165, 1.54) is 12.8 Å². The highest BCUT2D eigenvalue weighted by atomic mass is 16.5. The Bertz CT molecular complexity index is 317. The Labute approximate surface area is 103 Å². The molecule has 3 heteroatoms. The van der Waals surface area contributed by atoms with Gasteiger partial charge in [-0.05, 0) is 50.6 Å². The molecule has 1 aromatic carbocycles. The van der Waals surface area contributed by atoms with Gasteiger partial charge in [0.2, 0.25) is 0 Å². The Morgan fingerprint density at radius 2 is 1.88 bits per heavy atom. The van der Waals surface area contributed by atoms with Crippen LogP contribution in [0.2, 0.25) is 0 Å². The van der Waals surface area contributed by atoms with E-state index in [0.717, 1.165) is 31.2 Å². The molecule has 0 amide bonds. The van der Waals surface area contributed by atoms with Gasteiger partial charge >= 0.3 is 0 Å². The van der Waals surface area contributed by atoms with Gasteiger partial charge in [-0.15, -0.1) is 0 Å². The zero-order valence-corrected chi connectivity index (χ0v) is 10.4. The summed E-state index contributed by atoms with van der Waals surface area (Å²) in [7, 11) is 0. The monoisotopic (exact) mass is 235 g/mol. The molecule has 0 radical (unpaired) electrons. The van der Waals surface area contributed by atoms with Gasteiger partial charge in [-0.1, -0.05) is 0 Å². The van der Waals surface area contributed by atoms with Crippen LogP contribution in [-0.2, 0) is 0 Å². The zero-order chi connectivity index (χ0) is 11.9. The van der Waals surface area contributed by atoms with Crippen LogP contribution in [0.3, 0.4) is 0 Å². The molecule has 0 saturated carbocycles. The Kier molecular flexibility index (Phi) is 4.68. The number of ether oxygens (including phenoxy) is 2. The molecule has 2 rings (SSSR count). The second kappa shape index (κ2) is 6.50. The fourth-order valence-electron chi connectivity index (χ4n) is 2.08. The van der Waals surface area contributed by atoms with Gasteiger partial charge < -0.3 is 14.8 Å². The van der Waals surface area contributed by atoms with Crippen LogP contribution >= 0.6 is 0 Å². The highest BCUT2D eigenvalue weighted by molar-refractivity contribution is 5.31. The normalized spacial score (nSPS) is 19.9. The molecule has 1 aliphatic rings. The number of hydrogen-bond donors (Lipinski definition) is 1. The molecular formula is C14H21NO2. The van der Waals surface area contributed by atoms with E-state index in [1.807, 2.05) is 31.2 Å². The second-order valence-corrected chi connectivity index (χ2v) is 4.43. The third kappa shape index (κ3) is 3.93. The quantitative estimate of drug-likeness (QED) is 0.850. The van der Waals surface area contributed by atoms with Gasteiger partial charge in [0.1, 0.15) is 11.5 Å². The maximum atomic E-state index is 5.78. The van der Waals surface area contributed by atoms with Crippen molar-refractivity contribution < 1.29 is 9.47 Å². The van der Waals surface area contributed by atoms with Crippen LogP contribution in [0.15, 0.2) is 24.3 Å². The highest BCUT2D eigenvalue weighted by Gasteiger charge is 2.13. The van der Waals surface area contributed by atoms with E-state index in [9.17, 15) is 0 Å². The summed E-state index contributed by atoms with van der Waals surface area (Å²) in [5.74, 6) is 2.48. The average molecular weight is 235 g/mol. The van der Waals surface area contributed by atoms with Crippen LogP contribution in [0, 0.1) is 5.92 Å². The van der Waals surface area contributed by atoms with Gasteiger partial charge in [0.25, 0.3) is 0 Å². The molecule has 1 N–H and O–H groups in total.